The molecule has 1 heterocycles. The highest BCUT2D eigenvalue weighted by Gasteiger charge is 2.35. The third-order valence-electron chi connectivity index (χ3n) is 2.75. The Labute approximate surface area is 68.3 Å². The molecule has 0 spiro atoms. The lowest BCUT2D eigenvalue weighted by atomic mass is 9.99. The van der Waals surface area contributed by atoms with E-state index >= 15 is 0 Å². The molecule has 11 heavy (non-hydrogen) atoms. The molecule has 2 aliphatic rings. The van der Waals surface area contributed by atoms with E-state index in [9.17, 15) is 0 Å². The van der Waals surface area contributed by atoms with Crippen LogP contribution in [0.4, 0.5) is 0 Å². The summed E-state index contributed by atoms with van der Waals surface area (Å²) in [5.74, 6) is 0. The van der Waals surface area contributed by atoms with Crippen molar-refractivity contribution < 1.29 is 4.74 Å². The fourth-order valence-corrected chi connectivity index (χ4v) is 1.97. The van der Waals surface area contributed by atoms with E-state index < -0.39 is 0 Å². The number of rotatable bonds is 2. The second-order valence-corrected chi connectivity index (χ2v) is 4.08. The maximum absolute atomic E-state index is 5.97. The summed E-state index contributed by atoms with van der Waals surface area (Å²) in [6.45, 7) is 4.30. The average Bonchev–Trinajstić information content (AvgIpc) is 2.36. The molecule has 1 saturated heterocycles. The normalized spacial score (nSPS) is 30.3. The minimum Gasteiger partial charge on any atom is -0.369 e. The molecule has 0 radical (unpaired) electrons. The molecule has 0 aromatic carbocycles. The van der Waals surface area contributed by atoms with Gasteiger partial charge in [0.1, 0.15) is 0 Å². The lowest BCUT2D eigenvalue weighted by Gasteiger charge is -2.41. The summed E-state index contributed by atoms with van der Waals surface area (Å²) >= 11 is 0. The van der Waals surface area contributed by atoms with Crippen LogP contribution < -0.4 is 5.32 Å². The molecule has 2 fully saturated rings. The van der Waals surface area contributed by atoms with Gasteiger partial charge in [0.2, 0.25) is 0 Å². The van der Waals surface area contributed by atoms with Crippen molar-refractivity contribution in [1.82, 2.24) is 5.32 Å². The Morgan fingerprint density at radius 1 is 1.27 bits per heavy atom. The predicted molar refractivity (Wildman–Crippen MR) is 44.6 cm³/mol. The largest absolute Gasteiger partial charge is 0.369 e. The van der Waals surface area contributed by atoms with Crippen molar-refractivity contribution in [3.05, 3.63) is 0 Å². The van der Waals surface area contributed by atoms with Gasteiger partial charge in [0.15, 0.2) is 0 Å². The van der Waals surface area contributed by atoms with Gasteiger partial charge in [-0.05, 0) is 19.8 Å². The first kappa shape index (κ1) is 7.56. The molecule has 0 amide bonds. The van der Waals surface area contributed by atoms with Crippen LogP contribution in [0.25, 0.3) is 0 Å². The molecule has 2 nitrogen and oxygen atoms in total. The first-order valence-electron chi connectivity index (χ1n) is 4.67. The fraction of sp³-hybridized carbons (Fsp3) is 1.00. The van der Waals surface area contributed by atoms with Gasteiger partial charge >= 0.3 is 0 Å². The van der Waals surface area contributed by atoms with Crippen LogP contribution in [0.3, 0.4) is 0 Å². The van der Waals surface area contributed by atoms with Crippen LogP contribution in [0.2, 0.25) is 0 Å². The number of hydrogen-bond donors (Lipinski definition) is 1. The number of nitrogens with one attached hydrogen (secondary N) is 1. The summed E-state index contributed by atoms with van der Waals surface area (Å²) in [6, 6.07) is 0. The van der Waals surface area contributed by atoms with Crippen LogP contribution in [0.1, 0.15) is 32.6 Å². The number of hydrogen-bond acceptors (Lipinski definition) is 2. The van der Waals surface area contributed by atoms with Crippen LogP contribution in [-0.2, 0) is 4.74 Å². The Hall–Kier alpha value is -0.0800. The average molecular weight is 155 g/mol. The standard InChI is InChI=1S/C9H17NO/c1-9(6-10-7-9)11-8-4-2-3-5-8/h8,10H,2-7H2,1H3. The summed E-state index contributed by atoms with van der Waals surface area (Å²) < 4.78 is 5.97. The van der Waals surface area contributed by atoms with Crippen LogP contribution in [0.15, 0.2) is 0 Å². The van der Waals surface area contributed by atoms with Crippen molar-refractivity contribution in [2.24, 2.45) is 0 Å². The van der Waals surface area contributed by atoms with E-state index in [0.29, 0.717) is 6.10 Å². The van der Waals surface area contributed by atoms with Gasteiger partial charge in [-0.15, -0.1) is 0 Å². The first-order chi connectivity index (χ1) is 5.29. The summed E-state index contributed by atoms with van der Waals surface area (Å²) in [5.41, 5.74) is 0.176. The van der Waals surface area contributed by atoms with E-state index in [1.807, 2.05) is 0 Å². The minimum atomic E-state index is 0.176. The summed E-state index contributed by atoms with van der Waals surface area (Å²) in [4.78, 5) is 0. The topological polar surface area (TPSA) is 21.3 Å². The molecule has 0 unspecified atom stereocenters. The highest BCUT2D eigenvalue weighted by molar-refractivity contribution is 4.91. The monoisotopic (exact) mass is 155 g/mol. The highest BCUT2D eigenvalue weighted by Crippen LogP contribution is 2.27. The molecule has 1 saturated carbocycles. The third kappa shape index (κ3) is 1.57. The van der Waals surface area contributed by atoms with Gasteiger partial charge in [-0.2, -0.15) is 0 Å². The Bertz CT molecular complexity index is 136. The molecule has 2 rings (SSSR count). The van der Waals surface area contributed by atoms with Crippen LogP contribution in [-0.4, -0.2) is 24.8 Å². The molecular weight excluding hydrogens is 138 g/mol. The molecule has 64 valence electrons. The summed E-state index contributed by atoms with van der Waals surface area (Å²) in [7, 11) is 0. The van der Waals surface area contributed by atoms with Crippen LogP contribution in [0, 0.1) is 0 Å². The molecule has 0 atom stereocenters. The lowest BCUT2D eigenvalue weighted by molar-refractivity contribution is -0.108. The van der Waals surface area contributed by atoms with E-state index in [1.165, 1.54) is 25.7 Å². The van der Waals surface area contributed by atoms with Crippen LogP contribution in [0.5, 0.6) is 0 Å². The summed E-state index contributed by atoms with van der Waals surface area (Å²) in [6.07, 6.45) is 5.88. The molecule has 0 aromatic rings. The van der Waals surface area contributed by atoms with E-state index in [4.69, 9.17) is 4.74 Å². The molecule has 1 N–H and O–H groups in total. The maximum Gasteiger partial charge on any atom is 0.0905 e. The summed E-state index contributed by atoms with van der Waals surface area (Å²) in [5, 5.41) is 3.25. The molecule has 1 aliphatic carbocycles. The zero-order valence-corrected chi connectivity index (χ0v) is 7.23. The molecule has 0 aromatic heterocycles. The van der Waals surface area contributed by atoms with E-state index in [2.05, 4.69) is 12.2 Å². The van der Waals surface area contributed by atoms with Crippen molar-refractivity contribution in [1.29, 1.82) is 0 Å². The van der Waals surface area contributed by atoms with Crippen molar-refractivity contribution in [2.75, 3.05) is 13.1 Å². The van der Waals surface area contributed by atoms with Gasteiger partial charge in [-0.3, -0.25) is 0 Å². The Morgan fingerprint density at radius 3 is 2.36 bits per heavy atom. The minimum absolute atomic E-state index is 0.176. The Balaban J connectivity index is 1.79. The quantitative estimate of drug-likeness (QED) is 0.649. The van der Waals surface area contributed by atoms with Gasteiger partial charge in [0, 0.05) is 13.1 Å². The molecule has 0 bridgehead atoms. The Morgan fingerprint density at radius 2 is 1.91 bits per heavy atom. The molecule has 2 heteroatoms. The van der Waals surface area contributed by atoms with Gasteiger partial charge in [-0.1, -0.05) is 12.8 Å². The van der Waals surface area contributed by atoms with Gasteiger partial charge < -0.3 is 10.1 Å². The third-order valence-corrected chi connectivity index (χ3v) is 2.75. The Kier molecular flexibility index (Phi) is 1.90. The maximum atomic E-state index is 5.97. The van der Waals surface area contributed by atoms with E-state index in [1.54, 1.807) is 0 Å². The highest BCUT2D eigenvalue weighted by atomic mass is 16.5. The van der Waals surface area contributed by atoms with Gasteiger partial charge in [0.05, 0.1) is 11.7 Å². The first-order valence-corrected chi connectivity index (χ1v) is 4.67. The van der Waals surface area contributed by atoms with Gasteiger partial charge in [-0.25, -0.2) is 0 Å². The number of ether oxygens (including phenoxy) is 1. The van der Waals surface area contributed by atoms with Crippen molar-refractivity contribution >= 4 is 0 Å². The zero-order valence-electron chi connectivity index (χ0n) is 7.23. The van der Waals surface area contributed by atoms with Crippen molar-refractivity contribution in [3.63, 3.8) is 0 Å². The van der Waals surface area contributed by atoms with Crippen molar-refractivity contribution in [2.45, 2.75) is 44.3 Å². The molecular formula is C9H17NO. The van der Waals surface area contributed by atoms with E-state index in [0.717, 1.165) is 13.1 Å². The van der Waals surface area contributed by atoms with E-state index in [-0.39, 0.29) is 5.60 Å². The smallest absolute Gasteiger partial charge is 0.0905 e. The van der Waals surface area contributed by atoms with Crippen molar-refractivity contribution in [3.8, 4) is 0 Å². The lowest BCUT2D eigenvalue weighted by Crippen LogP contribution is -2.60. The van der Waals surface area contributed by atoms with Crippen LogP contribution >= 0.6 is 0 Å². The zero-order chi connectivity index (χ0) is 7.73. The second kappa shape index (κ2) is 2.76. The fourth-order valence-electron chi connectivity index (χ4n) is 1.97. The van der Waals surface area contributed by atoms with Gasteiger partial charge in [0.25, 0.3) is 0 Å². The SMILES string of the molecule is CC1(OC2CCCC2)CNC1. The second-order valence-electron chi connectivity index (χ2n) is 4.08. The predicted octanol–water partition coefficient (Wildman–Crippen LogP) is 1.31. The molecule has 1 aliphatic heterocycles.